The molecule has 2 aliphatic rings. The quantitative estimate of drug-likeness (QED) is 0.874. The highest BCUT2D eigenvalue weighted by molar-refractivity contribution is 5.83. The lowest BCUT2D eigenvalue weighted by Gasteiger charge is -2.35. The molecule has 126 valence electrons. The van der Waals surface area contributed by atoms with Crippen molar-refractivity contribution in [2.24, 2.45) is 0 Å². The molecule has 6 nitrogen and oxygen atoms in total. The van der Waals surface area contributed by atoms with Crippen LogP contribution in [0, 0.1) is 0 Å². The number of hydrogen-bond acceptors (Lipinski definition) is 5. The lowest BCUT2D eigenvalue weighted by molar-refractivity contribution is -0.141. The molecule has 1 unspecified atom stereocenters. The lowest BCUT2D eigenvalue weighted by atomic mass is 10.0. The van der Waals surface area contributed by atoms with Crippen molar-refractivity contribution in [3.63, 3.8) is 0 Å². The van der Waals surface area contributed by atoms with Gasteiger partial charge in [0.1, 0.15) is 17.8 Å². The van der Waals surface area contributed by atoms with E-state index in [0.29, 0.717) is 6.54 Å². The van der Waals surface area contributed by atoms with Gasteiger partial charge in [-0.25, -0.2) is 9.97 Å². The third-order valence-electron chi connectivity index (χ3n) is 4.30. The summed E-state index contributed by atoms with van der Waals surface area (Å²) in [6, 6.07) is 0.912. The molecule has 0 spiro atoms. The summed E-state index contributed by atoms with van der Waals surface area (Å²) in [5.41, 5.74) is -0.949. The molecule has 0 aliphatic carbocycles. The van der Waals surface area contributed by atoms with Gasteiger partial charge in [-0.2, -0.15) is 13.2 Å². The number of carbonyl (C=O) groups is 1. The first-order valence-corrected chi connectivity index (χ1v) is 7.61. The highest BCUT2D eigenvalue weighted by Crippen LogP contribution is 2.28. The molecule has 1 atom stereocenters. The Labute approximate surface area is 131 Å². The zero-order chi connectivity index (χ0) is 16.4. The van der Waals surface area contributed by atoms with Gasteiger partial charge in [0.25, 0.3) is 0 Å². The van der Waals surface area contributed by atoms with Crippen molar-refractivity contribution < 1.29 is 18.0 Å². The summed E-state index contributed by atoms with van der Waals surface area (Å²) in [4.78, 5) is 20.9. The van der Waals surface area contributed by atoms with Crippen molar-refractivity contribution >= 4 is 11.7 Å². The molecular formula is C14H18F3N5O. The number of hydrogen-bond donors (Lipinski definition) is 2. The summed E-state index contributed by atoms with van der Waals surface area (Å²) in [6.45, 7) is 2.20. The number of piperidine rings is 1. The third kappa shape index (κ3) is 3.72. The van der Waals surface area contributed by atoms with E-state index in [0.717, 1.165) is 44.7 Å². The van der Waals surface area contributed by atoms with E-state index in [1.807, 2.05) is 0 Å². The zero-order valence-corrected chi connectivity index (χ0v) is 12.4. The average Bonchev–Trinajstić information content (AvgIpc) is 2.94. The van der Waals surface area contributed by atoms with Gasteiger partial charge >= 0.3 is 6.18 Å². The van der Waals surface area contributed by atoms with E-state index in [2.05, 4.69) is 25.5 Å². The average molecular weight is 329 g/mol. The zero-order valence-electron chi connectivity index (χ0n) is 12.4. The van der Waals surface area contributed by atoms with Gasteiger partial charge < -0.3 is 10.6 Å². The number of halogens is 3. The number of carbonyl (C=O) groups excluding carboxylic acids is 1. The Morgan fingerprint density at radius 3 is 2.57 bits per heavy atom. The van der Waals surface area contributed by atoms with Gasteiger partial charge in [-0.05, 0) is 19.3 Å². The van der Waals surface area contributed by atoms with Crippen molar-refractivity contribution in [1.29, 1.82) is 0 Å². The summed E-state index contributed by atoms with van der Waals surface area (Å²) in [5, 5.41) is 5.86. The second-order valence-electron chi connectivity index (χ2n) is 5.84. The van der Waals surface area contributed by atoms with Gasteiger partial charge in [-0.15, -0.1) is 0 Å². The number of rotatable bonds is 3. The maximum atomic E-state index is 12.6. The molecule has 1 amide bonds. The fraction of sp³-hybridized carbons (Fsp3) is 0.643. The molecule has 9 heteroatoms. The first-order chi connectivity index (χ1) is 10.9. The van der Waals surface area contributed by atoms with Crippen molar-refractivity contribution in [1.82, 2.24) is 20.2 Å². The number of aromatic nitrogens is 2. The minimum atomic E-state index is -4.47. The van der Waals surface area contributed by atoms with Crippen molar-refractivity contribution in [3.05, 3.63) is 18.1 Å². The first kappa shape index (κ1) is 16.0. The highest BCUT2D eigenvalue weighted by Gasteiger charge is 2.34. The van der Waals surface area contributed by atoms with E-state index >= 15 is 0 Å². The van der Waals surface area contributed by atoms with Gasteiger partial charge in [0.2, 0.25) is 5.91 Å². The largest absolute Gasteiger partial charge is 0.433 e. The van der Waals surface area contributed by atoms with Gasteiger partial charge in [-0.3, -0.25) is 9.69 Å². The number of nitrogens with zero attached hydrogens (tertiary/aromatic N) is 3. The Morgan fingerprint density at radius 2 is 1.96 bits per heavy atom. The smallest absolute Gasteiger partial charge is 0.367 e. The molecule has 2 N–H and O–H groups in total. The molecule has 3 heterocycles. The fourth-order valence-corrected chi connectivity index (χ4v) is 3.09. The molecule has 3 rings (SSSR count). The Morgan fingerprint density at radius 1 is 1.22 bits per heavy atom. The molecule has 1 aromatic heterocycles. The minimum Gasteiger partial charge on any atom is -0.367 e. The second-order valence-corrected chi connectivity index (χ2v) is 5.84. The number of nitrogens with one attached hydrogen (secondary N) is 2. The number of amides is 1. The number of anilines is 1. The van der Waals surface area contributed by atoms with Gasteiger partial charge in [0.15, 0.2) is 0 Å². The lowest BCUT2D eigenvalue weighted by Crippen LogP contribution is -2.47. The third-order valence-corrected chi connectivity index (χ3v) is 4.30. The Kier molecular flexibility index (Phi) is 4.38. The van der Waals surface area contributed by atoms with Crippen LogP contribution in [-0.4, -0.2) is 52.5 Å². The van der Waals surface area contributed by atoms with Crippen LogP contribution in [0.15, 0.2) is 12.4 Å². The van der Waals surface area contributed by atoms with Crippen molar-refractivity contribution in [3.8, 4) is 0 Å². The van der Waals surface area contributed by atoms with E-state index in [-0.39, 0.29) is 23.8 Å². The normalized spacial score (nSPS) is 23.8. The summed E-state index contributed by atoms with van der Waals surface area (Å²) in [6.07, 6.45) is -1.22. The second kappa shape index (κ2) is 6.31. The molecule has 2 fully saturated rings. The van der Waals surface area contributed by atoms with Crippen LogP contribution in [0.2, 0.25) is 0 Å². The molecule has 2 aliphatic heterocycles. The summed E-state index contributed by atoms with van der Waals surface area (Å²) < 4.78 is 37.9. The molecule has 0 aromatic carbocycles. The highest BCUT2D eigenvalue weighted by atomic mass is 19.4. The van der Waals surface area contributed by atoms with Gasteiger partial charge in [0, 0.05) is 31.7 Å². The Bertz CT molecular complexity index is 572. The number of alkyl halides is 3. The van der Waals surface area contributed by atoms with Gasteiger partial charge in [-0.1, -0.05) is 0 Å². The molecular weight excluding hydrogens is 311 g/mol. The molecule has 23 heavy (non-hydrogen) atoms. The summed E-state index contributed by atoms with van der Waals surface area (Å²) in [7, 11) is 0. The van der Waals surface area contributed by atoms with Crippen LogP contribution in [-0.2, 0) is 11.0 Å². The van der Waals surface area contributed by atoms with Crippen LogP contribution < -0.4 is 10.6 Å². The van der Waals surface area contributed by atoms with Crippen LogP contribution in [0.3, 0.4) is 0 Å². The van der Waals surface area contributed by atoms with Crippen LogP contribution in [0.25, 0.3) is 0 Å². The van der Waals surface area contributed by atoms with Crippen molar-refractivity contribution in [2.45, 2.75) is 37.5 Å². The topological polar surface area (TPSA) is 70.2 Å². The maximum Gasteiger partial charge on any atom is 0.433 e. The molecule has 0 bridgehead atoms. The predicted octanol–water partition coefficient (Wildman–Crippen LogP) is 1.26. The fourth-order valence-electron chi connectivity index (χ4n) is 3.09. The van der Waals surface area contributed by atoms with E-state index in [4.69, 9.17) is 0 Å². The first-order valence-electron chi connectivity index (χ1n) is 7.61. The van der Waals surface area contributed by atoms with Crippen LogP contribution >= 0.6 is 0 Å². The summed E-state index contributed by atoms with van der Waals surface area (Å²) >= 11 is 0. The Hall–Kier alpha value is -1.90. The van der Waals surface area contributed by atoms with E-state index in [1.165, 1.54) is 0 Å². The standard InChI is InChI=1S/C14H18F3N5O/c15-14(16,17)11-7-12(20-8-19-11)21-9-2-5-22(6-3-9)10-1-4-18-13(10)23/h7-10H,1-6H2,(H,18,23)(H,19,20,21). The molecule has 2 saturated heterocycles. The molecule has 0 saturated carbocycles. The van der Waals surface area contributed by atoms with E-state index in [1.54, 1.807) is 0 Å². The predicted molar refractivity (Wildman–Crippen MR) is 76.7 cm³/mol. The van der Waals surface area contributed by atoms with E-state index < -0.39 is 11.9 Å². The molecule has 0 radical (unpaired) electrons. The molecule has 1 aromatic rings. The number of likely N-dealkylation sites (tertiary alicyclic amines) is 1. The van der Waals surface area contributed by atoms with Crippen LogP contribution in [0.1, 0.15) is 25.0 Å². The van der Waals surface area contributed by atoms with Crippen LogP contribution in [0.5, 0.6) is 0 Å². The summed E-state index contributed by atoms with van der Waals surface area (Å²) in [5.74, 6) is 0.256. The van der Waals surface area contributed by atoms with Gasteiger partial charge in [0.05, 0.1) is 6.04 Å². The Balaban J connectivity index is 1.56. The van der Waals surface area contributed by atoms with Crippen LogP contribution in [0.4, 0.5) is 19.0 Å². The monoisotopic (exact) mass is 329 g/mol. The minimum absolute atomic E-state index is 0.0479. The van der Waals surface area contributed by atoms with E-state index in [9.17, 15) is 18.0 Å². The SMILES string of the molecule is O=C1NCCC1N1CCC(Nc2cc(C(F)(F)F)ncn2)CC1. The van der Waals surface area contributed by atoms with Crippen molar-refractivity contribution in [2.75, 3.05) is 25.0 Å². The maximum absolute atomic E-state index is 12.6.